The van der Waals surface area contributed by atoms with E-state index in [1.807, 2.05) is 0 Å². The Hall–Kier alpha value is -1.87. The first-order chi connectivity index (χ1) is 8.63. The minimum absolute atomic E-state index is 0.00590. The van der Waals surface area contributed by atoms with Gasteiger partial charge in [0.05, 0.1) is 19.0 Å². The number of hydrazine groups is 1. The third kappa shape index (κ3) is 4.97. The van der Waals surface area contributed by atoms with Crippen LogP contribution in [0.25, 0.3) is 0 Å². The van der Waals surface area contributed by atoms with E-state index in [-0.39, 0.29) is 18.8 Å². The quantitative estimate of drug-likeness (QED) is 0.356. The molecule has 0 saturated heterocycles. The largest absolute Gasteiger partial charge is 0.374 e. The zero-order chi connectivity index (χ0) is 13.4. The molecule has 1 amide bonds. The molecule has 0 saturated carbocycles. The predicted molar refractivity (Wildman–Crippen MR) is 59.0 cm³/mol. The van der Waals surface area contributed by atoms with Crippen molar-refractivity contribution in [2.24, 2.45) is 5.84 Å². The van der Waals surface area contributed by atoms with Crippen LogP contribution in [0.4, 0.5) is 14.6 Å². The number of carbonyl (C=O) groups excluding carboxylic acids is 1. The van der Waals surface area contributed by atoms with Crippen molar-refractivity contribution in [3.63, 3.8) is 0 Å². The van der Waals surface area contributed by atoms with E-state index in [0.29, 0.717) is 5.82 Å². The normalized spacial score (nSPS) is 10.4. The first kappa shape index (κ1) is 14.2. The molecular weight excluding hydrogens is 248 g/mol. The maximum atomic E-state index is 11.7. The number of anilines is 1. The molecule has 0 aromatic carbocycles. The number of rotatable bonds is 7. The number of nitrogens with zero attached hydrogens (tertiary/aromatic N) is 2. The molecular formula is C9H13F2N5O2. The summed E-state index contributed by atoms with van der Waals surface area (Å²) in [5, 5.41) is 2.45. The molecule has 0 aliphatic rings. The summed E-state index contributed by atoms with van der Waals surface area (Å²) < 4.78 is 28.0. The molecule has 18 heavy (non-hydrogen) atoms. The molecule has 1 heterocycles. The van der Waals surface area contributed by atoms with Gasteiger partial charge in [0.2, 0.25) is 0 Å². The molecule has 4 N–H and O–H groups in total. The van der Waals surface area contributed by atoms with Crippen molar-refractivity contribution < 1.29 is 18.3 Å². The molecule has 0 atom stereocenters. The van der Waals surface area contributed by atoms with Crippen LogP contribution in [-0.2, 0) is 4.74 Å². The van der Waals surface area contributed by atoms with E-state index in [4.69, 9.17) is 5.84 Å². The number of nitrogen functional groups attached to an aromatic ring is 1. The van der Waals surface area contributed by atoms with Crippen molar-refractivity contribution in [3.05, 3.63) is 18.1 Å². The van der Waals surface area contributed by atoms with Crippen LogP contribution < -0.4 is 16.6 Å². The third-order valence-corrected chi connectivity index (χ3v) is 1.81. The van der Waals surface area contributed by atoms with E-state index in [0.717, 1.165) is 0 Å². The Morgan fingerprint density at radius 3 is 2.78 bits per heavy atom. The van der Waals surface area contributed by atoms with Gasteiger partial charge in [-0.25, -0.2) is 24.6 Å². The smallest absolute Gasteiger partial charge is 0.271 e. The van der Waals surface area contributed by atoms with Gasteiger partial charge in [-0.2, -0.15) is 0 Å². The van der Waals surface area contributed by atoms with E-state index in [9.17, 15) is 13.6 Å². The lowest BCUT2D eigenvalue weighted by molar-refractivity contribution is 0.0188. The molecule has 7 nitrogen and oxygen atoms in total. The van der Waals surface area contributed by atoms with Gasteiger partial charge in [0.15, 0.2) is 5.82 Å². The van der Waals surface area contributed by atoms with Crippen LogP contribution in [0.3, 0.4) is 0 Å². The lowest BCUT2D eigenvalue weighted by Crippen LogP contribution is -2.28. The van der Waals surface area contributed by atoms with Crippen LogP contribution >= 0.6 is 0 Å². The van der Waals surface area contributed by atoms with Gasteiger partial charge in [-0.1, -0.05) is 0 Å². The molecule has 0 spiro atoms. The molecule has 1 rings (SSSR count). The van der Waals surface area contributed by atoms with Crippen molar-refractivity contribution in [1.82, 2.24) is 15.3 Å². The monoisotopic (exact) mass is 261 g/mol. The van der Waals surface area contributed by atoms with Gasteiger partial charge in [-0.3, -0.25) is 4.79 Å². The number of alkyl halides is 2. The molecule has 0 aliphatic carbocycles. The number of hydrogen-bond acceptors (Lipinski definition) is 6. The molecule has 0 bridgehead atoms. The Kier molecular flexibility index (Phi) is 5.88. The summed E-state index contributed by atoms with van der Waals surface area (Å²) in [6.45, 7) is -0.525. The average Bonchev–Trinajstić information content (AvgIpc) is 2.38. The summed E-state index contributed by atoms with van der Waals surface area (Å²) in [6.07, 6.45) is 0.0232. The topological polar surface area (TPSA) is 102 Å². The van der Waals surface area contributed by atoms with E-state index < -0.39 is 18.9 Å². The molecule has 0 aliphatic heterocycles. The Morgan fingerprint density at radius 2 is 2.22 bits per heavy atom. The van der Waals surface area contributed by atoms with Crippen LogP contribution in [0, 0.1) is 0 Å². The molecule has 100 valence electrons. The maximum absolute atomic E-state index is 11.7. The van der Waals surface area contributed by atoms with Crippen molar-refractivity contribution in [2.45, 2.75) is 6.43 Å². The van der Waals surface area contributed by atoms with E-state index in [1.54, 1.807) is 0 Å². The van der Waals surface area contributed by atoms with E-state index >= 15 is 0 Å². The zero-order valence-corrected chi connectivity index (χ0v) is 9.40. The number of nitrogens with one attached hydrogen (secondary N) is 2. The Labute approximate surface area is 102 Å². The highest BCUT2D eigenvalue weighted by molar-refractivity contribution is 5.91. The van der Waals surface area contributed by atoms with Crippen LogP contribution in [0.2, 0.25) is 0 Å². The van der Waals surface area contributed by atoms with Gasteiger partial charge in [0.1, 0.15) is 12.3 Å². The number of carbonyl (C=O) groups is 1. The fourth-order valence-corrected chi connectivity index (χ4v) is 1.02. The minimum atomic E-state index is -2.51. The summed E-state index contributed by atoms with van der Waals surface area (Å²) >= 11 is 0. The zero-order valence-electron chi connectivity index (χ0n) is 9.40. The van der Waals surface area contributed by atoms with Crippen molar-refractivity contribution >= 4 is 11.7 Å². The SMILES string of the molecule is NNc1cnc(C(=O)NCCOCC(F)F)cn1. The van der Waals surface area contributed by atoms with Crippen LogP contribution in [0.1, 0.15) is 10.5 Å². The third-order valence-electron chi connectivity index (χ3n) is 1.81. The molecule has 9 heteroatoms. The van der Waals surface area contributed by atoms with Gasteiger partial charge >= 0.3 is 0 Å². The first-order valence-corrected chi connectivity index (χ1v) is 5.06. The Bertz CT molecular complexity index is 374. The number of halogens is 2. The van der Waals surface area contributed by atoms with Gasteiger partial charge in [0, 0.05) is 6.54 Å². The molecule has 1 aromatic heterocycles. The lowest BCUT2D eigenvalue weighted by Gasteiger charge is -2.05. The first-order valence-electron chi connectivity index (χ1n) is 5.06. The van der Waals surface area contributed by atoms with Crippen molar-refractivity contribution in [2.75, 3.05) is 25.2 Å². The minimum Gasteiger partial charge on any atom is -0.374 e. The number of nitrogens with two attached hydrogens (primary N) is 1. The molecule has 0 unspecified atom stereocenters. The number of aromatic nitrogens is 2. The van der Waals surface area contributed by atoms with E-state index in [2.05, 4.69) is 25.4 Å². The second-order valence-corrected chi connectivity index (χ2v) is 3.15. The van der Waals surface area contributed by atoms with Gasteiger partial charge < -0.3 is 15.5 Å². The maximum Gasteiger partial charge on any atom is 0.271 e. The Balaban J connectivity index is 2.27. The fourth-order valence-electron chi connectivity index (χ4n) is 1.02. The molecule has 0 radical (unpaired) electrons. The highest BCUT2D eigenvalue weighted by atomic mass is 19.3. The summed E-state index contributed by atoms with van der Waals surface area (Å²) in [5.74, 6) is 4.94. The molecule has 1 aromatic rings. The summed E-state index contributed by atoms with van der Waals surface area (Å²) in [5.41, 5.74) is 2.37. The summed E-state index contributed by atoms with van der Waals surface area (Å²) in [6, 6.07) is 0. The lowest BCUT2D eigenvalue weighted by atomic mass is 10.4. The number of hydrogen-bond donors (Lipinski definition) is 3. The van der Waals surface area contributed by atoms with Crippen molar-refractivity contribution in [1.29, 1.82) is 0 Å². The van der Waals surface area contributed by atoms with Gasteiger partial charge in [0.25, 0.3) is 12.3 Å². The second kappa shape index (κ2) is 7.45. The van der Waals surface area contributed by atoms with Crippen LogP contribution in [-0.4, -0.2) is 42.1 Å². The highest BCUT2D eigenvalue weighted by Crippen LogP contribution is 1.98. The second-order valence-electron chi connectivity index (χ2n) is 3.15. The predicted octanol–water partition coefficient (Wildman–Crippen LogP) is -0.226. The number of amides is 1. The Morgan fingerprint density at radius 1 is 1.44 bits per heavy atom. The standard InChI is InChI=1S/C9H13F2N5O2/c10-7(11)5-18-2-1-13-9(17)6-3-15-8(16-12)4-14-6/h3-4,7H,1-2,5,12H2,(H,13,17)(H,15,16). The van der Waals surface area contributed by atoms with Gasteiger partial charge in [-0.05, 0) is 0 Å². The summed E-state index contributed by atoms with van der Waals surface area (Å²) in [7, 11) is 0. The average molecular weight is 261 g/mol. The number of ether oxygens (including phenoxy) is 1. The van der Waals surface area contributed by atoms with Crippen LogP contribution in [0.15, 0.2) is 12.4 Å². The van der Waals surface area contributed by atoms with Crippen molar-refractivity contribution in [3.8, 4) is 0 Å². The molecule has 0 fully saturated rings. The summed E-state index contributed by atoms with van der Waals surface area (Å²) in [4.78, 5) is 19.1. The highest BCUT2D eigenvalue weighted by Gasteiger charge is 2.07. The van der Waals surface area contributed by atoms with Gasteiger partial charge in [-0.15, -0.1) is 0 Å². The van der Waals surface area contributed by atoms with Crippen LogP contribution in [0.5, 0.6) is 0 Å². The fraction of sp³-hybridized carbons (Fsp3) is 0.444. The van der Waals surface area contributed by atoms with E-state index in [1.165, 1.54) is 12.4 Å².